The second kappa shape index (κ2) is 7.44. The highest BCUT2D eigenvalue weighted by Gasteiger charge is 2.74. The molecule has 0 bridgehead atoms. The van der Waals surface area contributed by atoms with Crippen LogP contribution in [-0.2, 0) is 14.3 Å². The van der Waals surface area contributed by atoms with E-state index in [0.29, 0.717) is 16.3 Å². The van der Waals surface area contributed by atoms with Gasteiger partial charge in [0.05, 0.1) is 23.6 Å². The van der Waals surface area contributed by atoms with Crippen molar-refractivity contribution in [1.82, 2.24) is 0 Å². The van der Waals surface area contributed by atoms with E-state index < -0.39 is 46.9 Å². The Morgan fingerprint density at radius 2 is 1.37 bits per heavy atom. The molecule has 174 valence electrons. The predicted octanol–water partition coefficient (Wildman–Crippen LogP) is 4.65. The molecule has 35 heavy (non-hydrogen) atoms. The Morgan fingerprint density at radius 1 is 0.800 bits per heavy atom. The molecule has 2 heterocycles. The third-order valence-electron chi connectivity index (χ3n) is 7.20. The third kappa shape index (κ3) is 2.81. The first-order valence-electron chi connectivity index (χ1n) is 11.3. The molecule has 1 spiro atoms. The van der Waals surface area contributed by atoms with Crippen molar-refractivity contribution in [2.45, 2.75) is 25.6 Å². The molecule has 2 saturated heterocycles. The summed E-state index contributed by atoms with van der Waals surface area (Å²) in [5.74, 6) is -4.69. The van der Waals surface area contributed by atoms with Gasteiger partial charge in [-0.05, 0) is 43.2 Å². The van der Waals surface area contributed by atoms with Gasteiger partial charge in [-0.3, -0.25) is 19.2 Å². The van der Waals surface area contributed by atoms with Gasteiger partial charge in [-0.1, -0.05) is 60.1 Å². The second-order valence-corrected chi connectivity index (χ2v) is 9.77. The lowest BCUT2D eigenvalue weighted by molar-refractivity contribution is -0.127. The summed E-state index contributed by atoms with van der Waals surface area (Å²) in [6, 6.07) is 18.7. The van der Waals surface area contributed by atoms with E-state index in [1.54, 1.807) is 60.7 Å². The SMILES string of the molecule is Cc1cc(C)cc(N2C(=O)[C@H]3[C@@H](C2=O)C2(O[C@H]3c3ccccc3Cl)C(=O)c3ccccc3C2=O)c1. The van der Waals surface area contributed by atoms with Gasteiger partial charge in [0, 0.05) is 21.7 Å². The standard InChI is InChI=1S/C28H20ClNO5/c1-14-11-15(2)13-16(12-14)30-26(33)21-22(27(30)34)28(35-23(21)19-9-5-6-10-20(19)29)24(31)17-7-3-4-8-18(17)25(28)32/h3-13,21-23H,1-2H3/t21-,22-,23-/m0/s1. The lowest BCUT2D eigenvalue weighted by Crippen LogP contribution is -2.51. The monoisotopic (exact) mass is 485 g/mol. The molecule has 3 aromatic rings. The van der Waals surface area contributed by atoms with Gasteiger partial charge in [0.1, 0.15) is 0 Å². The third-order valence-corrected chi connectivity index (χ3v) is 7.54. The Balaban J connectivity index is 1.57. The van der Waals surface area contributed by atoms with Gasteiger partial charge in [0.25, 0.3) is 0 Å². The topological polar surface area (TPSA) is 80.8 Å². The van der Waals surface area contributed by atoms with E-state index in [1.807, 2.05) is 19.9 Å². The number of carbonyl (C=O) groups is 4. The van der Waals surface area contributed by atoms with E-state index in [9.17, 15) is 19.2 Å². The quantitative estimate of drug-likeness (QED) is 0.390. The number of fused-ring (bicyclic) bond motifs is 3. The number of nitrogens with zero attached hydrogens (tertiary/aromatic N) is 1. The van der Waals surface area contributed by atoms with Crippen LogP contribution in [0.1, 0.15) is 43.5 Å². The summed E-state index contributed by atoms with van der Waals surface area (Å²) < 4.78 is 6.27. The highest BCUT2D eigenvalue weighted by atomic mass is 35.5. The number of Topliss-reactive ketones (excluding diaryl/α,β-unsaturated/α-hetero) is 2. The number of halogens is 1. The molecule has 2 fully saturated rings. The highest BCUT2D eigenvalue weighted by Crippen LogP contribution is 2.58. The summed E-state index contributed by atoms with van der Waals surface area (Å²) in [5.41, 5.74) is 0.913. The first kappa shape index (κ1) is 21.9. The van der Waals surface area contributed by atoms with Gasteiger partial charge in [-0.2, -0.15) is 0 Å². The number of hydrogen-bond acceptors (Lipinski definition) is 5. The number of rotatable bonds is 2. The minimum Gasteiger partial charge on any atom is -0.349 e. The summed E-state index contributed by atoms with van der Waals surface area (Å²) in [6.07, 6.45) is -1.04. The molecule has 0 N–H and O–H groups in total. The van der Waals surface area contributed by atoms with Crippen LogP contribution in [0.2, 0.25) is 5.02 Å². The average Bonchev–Trinajstić information content (AvgIpc) is 3.39. The smallest absolute Gasteiger partial charge is 0.241 e. The van der Waals surface area contributed by atoms with E-state index in [0.717, 1.165) is 16.0 Å². The minimum absolute atomic E-state index is 0.196. The van der Waals surface area contributed by atoms with Crippen molar-refractivity contribution in [1.29, 1.82) is 0 Å². The molecule has 2 aliphatic heterocycles. The summed E-state index contributed by atoms with van der Waals surface area (Å²) >= 11 is 6.47. The Hall–Kier alpha value is -3.61. The average molecular weight is 486 g/mol. The fourth-order valence-corrected chi connectivity index (χ4v) is 6.08. The van der Waals surface area contributed by atoms with Crippen molar-refractivity contribution in [2.75, 3.05) is 4.90 Å². The molecule has 3 aliphatic rings. The number of carbonyl (C=O) groups excluding carboxylic acids is 4. The number of benzene rings is 3. The Kier molecular flexibility index (Phi) is 4.66. The minimum atomic E-state index is -2.11. The molecule has 1 aliphatic carbocycles. The second-order valence-electron chi connectivity index (χ2n) is 9.36. The van der Waals surface area contributed by atoms with Crippen LogP contribution in [0.3, 0.4) is 0 Å². The van der Waals surface area contributed by atoms with E-state index in [2.05, 4.69) is 0 Å². The van der Waals surface area contributed by atoms with Crippen molar-refractivity contribution in [3.63, 3.8) is 0 Å². The molecule has 7 heteroatoms. The molecular weight excluding hydrogens is 466 g/mol. The van der Waals surface area contributed by atoms with Crippen LogP contribution >= 0.6 is 11.6 Å². The maximum Gasteiger partial charge on any atom is 0.241 e. The normalized spacial score (nSPS) is 24.4. The van der Waals surface area contributed by atoms with E-state index in [-0.39, 0.29) is 11.1 Å². The molecular formula is C28H20ClNO5. The molecule has 6 nitrogen and oxygen atoms in total. The first-order chi connectivity index (χ1) is 16.8. The number of imide groups is 1. The molecule has 0 saturated carbocycles. The fourth-order valence-electron chi connectivity index (χ4n) is 5.84. The van der Waals surface area contributed by atoms with Crippen LogP contribution in [0.15, 0.2) is 66.7 Å². The van der Waals surface area contributed by atoms with Crippen molar-refractivity contribution in [3.8, 4) is 0 Å². The largest absolute Gasteiger partial charge is 0.349 e. The van der Waals surface area contributed by atoms with Gasteiger partial charge in [0.15, 0.2) is 0 Å². The zero-order valence-electron chi connectivity index (χ0n) is 18.9. The summed E-state index contributed by atoms with van der Waals surface area (Å²) in [5, 5.41) is 0.328. The summed E-state index contributed by atoms with van der Waals surface area (Å²) in [4.78, 5) is 56.5. The number of ketones is 2. The number of aryl methyl sites for hydroxylation is 2. The van der Waals surface area contributed by atoms with E-state index in [4.69, 9.17) is 16.3 Å². The lowest BCUT2D eigenvalue weighted by atomic mass is 9.77. The van der Waals surface area contributed by atoms with Crippen molar-refractivity contribution >= 4 is 40.7 Å². The van der Waals surface area contributed by atoms with Crippen molar-refractivity contribution < 1.29 is 23.9 Å². The van der Waals surface area contributed by atoms with Crippen LogP contribution in [0.4, 0.5) is 5.69 Å². The van der Waals surface area contributed by atoms with Gasteiger partial charge < -0.3 is 4.74 Å². The maximum atomic E-state index is 14.0. The lowest BCUT2D eigenvalue weighted by Gasteiger charge is -2.27. The van der Waals surface area contributed by atoms with Gasteiger partial charge in [0.2, 0.25) is 29.0 Å². The van der Waals surface area contributed by atoms with Crippen LogP contribution in [0.5, 0.6) is 0 Å². The fraction of sp³-hybridized carbons (Fsp3) is 0.214. The van der Waals surface area contributed by atoms with Gasteiger partial charge in [-0.25, -0.2) is 4.90 Å². The Bertz CT molecular complexity index is 1420. The number of anilines is 1. The first-order valence-corrected chi connectivity index (χ1v) is 11.7. The Labute approximate surface area is 206 Å². The van der Waals surface area contributed by atoms with Crippen molar-refractivity contribution in [3.05, 3.63) is 99.6 Å². The molecule has 3 atom stereocenters. The molecule has 0 unspecified atom stereocenters. The highest BCUT2D eigenvalue weighted by molar-refractivity contribution is 6.37. The summed E-state index contributed by atoms with van der Waals surface area (Å²) in [7, 11) is 0. The number of ether oxygens (including phenoxy) is 1. The Morgan fingerprint density at radius 3 is 1.97 bits per heavy atom. The van der Waals surface area contributed by atoms with E-state index >= 15 is 0 Å². The van der Waals surface area contributed by atoms with Gasteiger partial charge in [-0.15, -0.1) is 0 Å². The zero-order chi connectivity index (χ0) is 24.6. The van der Waals surface area contributed by atoms with Crippen LogP contribution in [0, 0.1) is 25.7 Å². The van der Waals surface area contributed by atoms with Crippen LogP contribution in [0.25, 0.3) is 0 Å². The maximum absolute atomic E-state index is 14.0. The van der Waals surface area contributed by atoms with Crippen LogP contribution < -0.4 is 4.90 Å². The summed E-state index contributed by atoms with van der Waals surface area (Å²) in [6.45, 7) is 3.75. The molecule has 3 aromatic carbocycles. The molecule has 2 amide bonds. The molecule has 0 aromatic heterocycles. The van der Waals surface area contributed by atoms with Crippen molar-refractivity contribution in [2.24, 2.45) is 11.8 Å². The molecule has 6 rings (SSSR count). The molecule has 0 radical (unpaired) electrons. The van der Waals surface area contributed by atoms with Crippen LogP contribution in [-0.4, -0.2) is 29.0 Å². The number of hydrogen-bond donors (Lipinski definition) is 0. The van der Waals surface area contributed by atoms with Gasteiger partial charge >= 0.3 is 0 Å². The van der Waals surface area contributed by atoms with E-state index in [1.165, 1.54) is 0 Å². The number of amides is 2. The predicted molar refractivity (Wildman–Crippen MR) is 129 cm³/mol. The zero-order valence-corrected chi connectivity index (χ0v) is 19.7.